The number of aromatic nitrogens is 1. The Morgan fingerprint density at radius 3 is 2.40 bits per heavy atom. The maximum absolute atomic E-state index is 12.7. The van der Waals surface area contributed by atoms with Crippen LogP contribution in [0.15, 0.2) is 12.1 Å². The van der Waals surface area contributed by atoms with Gasteiger partial charge in [-0.1, -0.05) is 13.3 Å². The number of alkyl halides is 3. The van der Waals surface area contributed by atoms with Crippen molar-refractivity contribution in [3.05, 3.63) is 23.4 Å². The number of hydrogen-bond donors (Lipinski definition) is 1. The van der Waals surface area contributed by atoms with Crippen molar-refractivity contribution >= 4 is 5.82 Å². The van der Waals surface area contributed by atoms with Gasteiger partial charge < -0.3 is 10.0 Å². The summed E-state index contributed by atoms with van der Waals surface area (Å²) in [5, 5.41) is 9.24. The van der Waals surface area contributed by atoms with Gasteiger partial charge in [0.25, 0.3) is 0 Å². The Morgan fingerprint density at radius 1 is 1.30 bits per heavy atom. The molecule has 0 bridgehead atoms. The highest BCUT2D eigenvalue weighted by Gasteiger charge is 2.32. The van der Waals surface area contributed by atoms with E-state index in [0.29, 0.717) is 17.7 Å². The van der Waals surface area contributed by atoms with Crippen molar-refractivity contribution in [1.29, 1.82) is 0 Å². The normalized spacial score (nSPS) is 12.0. The average Bonchev–Trinajstić information content (AvgIpc) is 2.34. The van der Waals surface area contributed by atoms with Gasteiger partial charge in [-0.15, -0.1) is 0 Å². The van der Waals surface area contributed by atoms with E-state index in [1.54, 1.807) is 19.9 Å². The van der Waals surface area contributed by atoms with E-state index in [1.165, 1.54) is 11.0 Å². The summed E-state index contributed by atoms with van der Waals surface area (Å²) in [6, 6.07) is 2.93. The first-order valence-electron chi connectivity index (χ1n) is 6.71. The van der Waals surface area contributed by atoms with Gasteiger partial charge in [-0.05, 0) is 38.0 Å². The average molecular weight is 290 g/mol. The van der Waals surface area contributed by atoms with Crippen molar-refractivity contribution < 1.29 is 18.3 Å². The number of aliphatic hydroxyl groups excluding tert-OH is 1. The second-order valence-corrected chi connectivity index (χ2v) is 5.07. The van der Waals surface area contributed by atoms with Gasteiger partial charge in [0.05, 0.1) is 6.61 Å². The minimum atomic E-state index is -4.29. The van der Waals surface area contributed by atoms with Crippen LogP contribution in [0, 0.1) is 0 Å². The first-order chi connectivity index (χ1) is 9.26. The Hall–Kier alpha value is -1.30. The van der Waals surface area contributed by atoms with Crippen LogP contribution in [0.1, 0.15) is 38.4 Å². The Morgan fingerprint density at radius 2 is 1.95 bits per heavy atom. The number of aliphatic hydroxyl groups is 1. The fourth-order valence-electron chi connectivity index (χ4n) is 1.98. The smallest absolute Gasteiger partial charge is 0.392 e. The first kappa shape index (κ1) is 16.8. The maximum atomic E-state index is 12.7. The predicted molar refractivity (Wildman–Crippen MR) is 72.7 cm³/mol. The highest BCUT2D eigenvalue weighted by atomic mass is 19.4. The van der Waals surface area contributed by atoms with Crippen LogP contribution < -0.4 is 4.90 Å². The molecule has 114 valence electrons. The fraction of sp³-hybridized carbons (Fsp3) is 0.643. The lowest BCUT2D eigenvalue weighted by atomic mass is 10.1. The summed E-state index contributed by atoms with van der Waals surface area (Å²) < 4.78 is 38.0. The summed E-state index contributed by atoms with van der Waals surface area (Å²) in [6.45, 7) is 4.11. The zero-order chi connectivity index (χ0) is 15.3. The summed E-state index contributed by atoms with van der Waals surface area (Å²) in [5.74, 6) is 0.271. The molecule has 3 nitrogen and oxygen atoms in total. The quantitative estimate of drug-likeness (QED) is 0.873. The monoisotopic (exact) mass is 290 g/mol. The van der Waals surface area contributed by atoms with Gasteiger partial charge in [0.1, 0.15) is 12.4 Å². The van der Waals surface area contributed by atoms with Crippen molar-refractivity contribution in [2.75, 3.05) is 11.4 Å². The Balaban J connectivity index is 3.14. The molecule has 0 amide bonds. The van der Waals surface area contributed by atoms with Crippen LogP contribution in [0.25, 0.3) is 0 Å². The SMILES string of the molecule is CCCc1cc(CO)cc(N(CC(F)(F)F)C(C)C)n1. The van der Waals surface area contributed by atoms with Gasteiger partial charge in [-0.3, -0.25) is 0 Å². The number of rotatable bonds is 6. The van der Waals surface area contributed by atoms with E-state index in [-0.39, 0.29) is 18.5 Å². The third kappa shape index (κ3) is 5.00. The molecule has 6 heteroatoms. The lowest BCUT2D eigenvalue weighted by molar-refractivity contribution is -0.120. The third-order valence-electron chi connectivity index (χ3n) is 2.88. The zero-order valence-electron chi connectivity index (χ0n) is 12.0. The predicted octanol–water partition coefficient (Wildman–Crippen LogP) is 3.30. The Bertz CT molecular complexity index is 433. The van der Waals surface area contributed by atoms with Crippen LogP contribution in [-0.2, 0) is 13.0 Å². The van der Waals surface area contributed by atoms with E-state index in [1.807, 2.05) is 6.92 Å². The Labute approximate surface area is 117 Å². The second kappa shape index (κ2) is 6.92. The topological polar surface area (TPSA) is 36.4 Å². The molecule has 1 aromatic heterocycles. The molecule has 0 aliphatic rings. The van der Waals surface area contributed by atoms with Crippen LogP contribution >= 0.6 is 0 Å². The molecule has 0 fully saturated rings. The van der Waals surface area contributed by atoms with Crippen molar-refractivity contribution in [3.63, 3.8) is 0 Å². The van der Waals surface area contributed by atoms with Gasteiger partial charge in [0, 0.05) is 11.7 Å². The summed E-state index contributed by atoms with van der Waals surface area (Å²) in [4.78, 5) is 5.50. The van der Waals surface area contributed by atoms with Crippen LogP contribution in [-0.4, -0.2) is 28.9 Å². The Kier molecular flexibility index (Phi) is 5.80. The van der Waals surface area contributed by atoms with Crippen molar-refractivity contribution in [2.24, 2.45) is 0 Å². The number of anilines is 1. The molecule has 1 rings (SSSR count). The van der Waals surface area contributed by atoms with Crippen molar-refractivity contribution in [3.8, 4) is 0 Å². The number of aryl methyl sites for hydroxylation is 1. The molecule has 0 aromatic carbocycles. The highest BCUT2D eigenvalue weighted by Crippen LogP contribution is 2.24. The molecule has 1 heterocycles. The number of halogens is 3. The lowest BCUT2D eigenvalue weighted by Crippen LogP contribution is -2.39. The molecule has 0 spiro atoms. The molecule has 0 aliphatic carbocycles. The van der Waals surface area contributed by atoms with Crippen molar-refractivity contribution in [1.82, 2.24) is 4.98 Å². The molecule has 1 aromatic rings. The van der Waals surface area contributed by atoms with Crippen LogP contribution in [0.4, 0.5) is 19.0 Å². The maximum Gasteiger partial charge on any atom is 0.405 e. The first-order valence-corrected chi connectivity index (χ1v) is 6.71. The van der Waals surface area contributed by atoms with E-state index >= 15 is 0 Å². The van der Waals surface area contributed by atoms with Gasteiger partial charge in [-0.2, -0.15) is 13.2 Å². The number of nitrogens with zero attached hydrogens (tertiary/aromatic N) is 2. The van der Waals surface area contributed by atoms with Gasteiger partial charge >= 0.3 is 6.18 Å². The van der Waals surface area contributed by atoms with Gasteiger partial charge in [-0.25, -0.2) is 4.98 Å². The molecule has 0 radical (unpaired) electrons. The summed E-state index contributed by atoms with van der Waals surface area (Å²) >= 11 is 0. The fourth-order valence-corrected chi connectivity index (χ4v) is 1.98. The second-order valence-electron chi connectivity index (χ2n) is 5.07. The van der Waals surface area contributed by atoms with E-state index in [0.717, 1.165) is 6.42 Å². The summed E-state index contributed by atoms with van der Waals surface area (Å²) in [6.07, 6.45) is -2.76. The highest BCUT2D eigenvalue weighted by molar-refractivity contribution is 5.44. The summed E-state index contributed by atoms with van der Waals surface area (Å²) in [5.41, 5.74) is 1.30. The zero-order valence-corrected chi connectivity index (χ0v) is 12.0. The molecular weight excluding hydrogens is 269 g/mol. The minimum Gasteiger partial charge on any atom is -0.392 e. The molecule has 0 saturated heterocycles. The molecule has 0 unspecified atom stereocenters. The van der Waals surface area contributed by atoms with E-state index in [2.05, 4.69) is 4.98 Å². The van der Waals surface area contributed by atoms with Crippen LogP contribution in [0.3, 0.4) is 0 Å². The molecule has 0 saturated carbocycles. The molecule has 1 N–H and O–H groups in total. The van der Waals surface area contributed by atoms with Gasteiger partial charge in [0.15, 0.2) is 0 Å². The number of pyridine rings is 1. The molecule has 0 aliphatic heterocycles. The van der Waals surface area contributed by atoms with Gasteiger partial charge in [0.2, 0.25) is 0 Å². The standard InChI is InChI=1S/C14H21F3N2O/c1-4-5-12-6-11(8-20)7-13(18-12)19(10(2)3)9-14(15,16)17/h6-7,10,20H,4-5,8-9H2,1-3H3. The van der Waals surface area contributed by atoms with E-state index in [4.69, 9.17) is 0 Å². The van der Waals surface area contributed by atoms with Crippen molar-refractivity contribution in [2.45, 2.75) is 52.4 Å². The third-order valence-corrected chi connectivity index (χ3v) is 2.88. The lowest BCUT2D eigenvalue weighted by Gasteiger charge is -2.29. The minimum absolute atomic E-state index is 0.204. The van der Waals surface area contributed by atoms with Crippen LogP contribution in [0.5, 0.6) is 0 Å². The molecule has 0 atom stereocenters. The summed E-state index contributed by atoms with van der Waals surface area (Å²) in [7, 11) is 0. The van der Waals surface area contributed by atoms with Crippen LogP contribution in [0.2, 0.25) is 0 Å². The molecular formula is C14H21F3N2O. The van der Waals surface area contributed by atoms with E-state index in [9.17, 15) is 18.3 Å². The van der Waals surface area contributed by atoms with E-state index < -0.39 is 12.7 Å². The largest absolute Gasteiger partial charge is 0.405 e. The number of hydrogen-bond acceptors (Lipinski definition) is 3. The molecule has 20 heavy (non-hydrogen) atoms.